The van der Waals surface area contributed by atoms with Gasteiger partial charge in [-0.2, -0.15) is 0 Å². The Balaban J connectivity index is 2.78. The smallest absolute Gasteiger partial charge is 0.339 e. The van der Waals surface area contributed by atoms with Crippen molar-refractivity contribution in [2.45, 2.75) is 13.3 Å². The highest BCUT2D eigenvalue weighted by atomic mass is 79.9. The van der Waals surface area contributed by atoms with Gasteiger partial charge in [0.05, 0.1) is 6.61 Å². The van der Waals surface area contributed by atoms with Gasteiger partial charge < -0.3 is 9.84 Å². The van der Waals surface area contributed by atoms with Crippen LogP contribution in [0.5, 0.6) is 5.75 Å². The lowest BCUT2D eigenvalue weighted by molar-refractivity contribution is 0.0692. The van der Waals surface area contributed by atoms with Gasteiger partial charge in [-0.3, -0.25) is 0 Å². The molecule has 0 aliphatic carbocycles. The molecule has 0 aromatic heterocycles. The Bertz CT molecular complexity index is 413. The fourth-order valence-electron chi connectivity index (χ4n) is 1.13. The molecule has 0 saturated carbocycles. The third-order valence-corrected chi connectivity index (χ3v) is 2.45. The zero-order valence-corrected chi connectivity index (χ0v) is 10.6. The maximum absolute atomic E-state index is 11.0. The number of carboxylic acids is 1. The fraction of sp³-hybridized carbons (Fsp3) is 0.250. The first kappa shape index (κ1) is 12.8. The SMILES string of the molecule is C=C(C)CCOc1ccc(Br)cc1C(=O)O. The van der Waals surface area contributed by atoms with Gasteiger partial charge in [-0.25, -0.2) is 4.79 Å². The third kappa shape index (κ3) is 3.70. The standard InChI is InChI=1S/C12H13BrO3/c1-8(2)5-6-16-11-4-3-9(13)7-10(11)12(14)15/h3-4,7H,1,5-6H2,2H3,(H,14,15). The summed E-state index contributed by atoms with van der Waals surface area (Å²) in [6.45, 7) is 6.10. The molecule has 1 rings (SSSR count). The van der Waals surface area contributed by atoms with Crippen LogP contribution in [-0.4, -0.2) is 17.7 Å². The van der Waals surface area contributed by atoms with Crippen molar-refractivity contribution in [2.75, 3.05) is 6.61 Å². The van der Waals surface area contributed by atoms with Gasteiger partial charge in [0.15, 0.2) is 0 Å². The summed E-state index contributed by atoms with van der Waals surface area (Å²) in [4.78, 5) is 11.0. The molecule has 16 heavy (non-hydrogen) atoms. The molecule has 0 spiro atoms. The van der Waals surface area contributed by atoms with Crippen LogP contribution in [0.4, 0.5) is 0 Å². The molecule has 0 bridgehead atoms. The Morgan fingerprint density at radius 3 is 2.81 bits per heavy atom. The summed E-state index contributed by atoms with van der Waals surface area (Å²) in [5, 5.41) is 8.98. The Morgan fingerprint density at radius 1 is 1.56 bits per heavy atom. The first-order chi connectivity index (χ1) is 7.50. The van der Waals surface area contributed by atoms with Crippen molar-refractivity contribution in [1.82, 2.24) is 0 Å². The second-order valence-corrected chi connectivity index (χ2v) is 4.42. The van der Waals surface area contributed by atoms with E-state index in [1.807, 2.05) is 6.92 Å². The van der Waals surface area contributed by atoms with Crippen molar-refractivity contribution in [3.05, 3.63) is 40.4 Å². The molecule has 0 atom stereocenters. The molecule has 0 saturated heterocycles. The highest BCUT2D eigenvalue weighted by molar-refractivity contribution is 9.10. The van der Waals surface area contributed by atoms with Gasteiger partial charge >= 0.3 is 5.97 Å². The maximum Gasteiger partial charge on any atom is 0.339 e. The first-order valence-electron chi connectivity index (χ1n) is 4.80. The second-order valence-electron chi connectivity index (χ2n) is 3.50. The molecule has 4 heteroatoms. The van der Waals surface area contributed by atoms with Crippen LogP contribution in [-0.2, 0) is 0 Å². The summed E-state index contributed by atoms with van der Waals surface area (Å²) < 4.78 is 6.12. The molecule has 0 radical (unpaired) electrons. The van der Waals surface area contributed by atoms with Gasteiger partial charge in [0, 0.05) is 10.9 Å². The van der Waals surface area contributed by atoms with E-state index < -0.39 is 5.97 Å². The van der Waals surface area contributed by atoms with Crippen molar-refractivity contribution >= 4 is 21.9 Å². The fourth-order valence-corrected chi connectivity index (χ4v) is 1.49. The number of halogens is 1. The minimum absolute atomic E-state index is 0.163. The molecule has 1 aromatic rings. The lowest BCUT2D eigenvalue weighted by atomic mass is 10.2. The van der Waals surface area contributed by atoms with E-state index in [0.717, 1.165) is 16.5 Å². The zero-order chi connectivity index (χ0) is 12.1. The van der Waals surface area contributed by atoms with Crippen LogP contribution in [0.25, 0.3) is 0 Å². The molecule has 86 valence electrons. The first-order valence-corrected chi connectivity index (χ1v) is 5.60. The summed E-state index contributed by atoms with van der Waals surface area (Å²) in [6, 6.07) is 4.92. The van der Waals surface area contributed by atoms with E-state index >= 15 is 0 Å². The van der Waals surface area contributed by atoms with Crippen LogP contribution in [0, 0.1) is 0 Å². The molecule has 0 amide bonds. The molecule has 0 fully saturated rings. The van der Waals surface area contributed by atoms with Crippen LogP contribution in [0.1, 0.15) is 23.7 Å². The molecular formula is C12H13BrO3. The number of ether oxygens (including phenoxy) is 1. The van der Waals surface area contributed by atoms with E-state index in [4.69, 9.17) is 9.84 Å². The van der Waals surface area contributed by atoms with E-state index in [2.05, 4.69) is 22.5 Å². The summed E-state index contributed by atoms with van der Waals surface area (Å²) in [5.41, 5.74) is 1.17. The van der Waals surface area contributed by atoms with Crippen LogP contribution >= 0.6 is 15.9 Å². The number of carbonyl (C=O) groups is 1. The van der Waals surface area contributed by atoms with Crippen molar-refractivity contribution < 1.29 is 14.6 Å². The van der Waals surface area contributed by atoms with Gasteiger partial charge in [0.25, 0.3) is 0 Å². The number of benzene rings is 1. The van der Waals surface area contributed by atoms with Crippen molar-refractivity contribution in [2.24, 2.45) is 0 Å². The minimum Gasteiger partial charge on any atom is -0.492 e. The van der Waals surface area contributed by atoms with Crippen molar-refractivity contribution in [1.29, 1.82) is 0 Å². The van der Waals surface area contributed by atoms with Crippen molar-refractivity contribution in [3.8, 4) is 5.75 Å². The lowest BCUT2D eigenvalue weighted by Crippen LogP contribution is -2.04. The lowest BCUT2D eigenvalue weighted by Gasteiger charge is -2.09. The predicted octanol–water partition coefficient (Wildman–Crippen LogP) is 3.49. The quantitative estimate of drug-likeness (QED) is 0.842. The number of hydrogen-bond acceptors (Lipinski definition) is 2. The van der Waals surface area contributed by atoms with Crippen LogP contribution in [0.2, 0.25) is 0 Å². The maximum atomic E-state index is 11.0. The molecular weight excluding hydrogens is 272 g/mol. The number of hydrogen-bond donors (Lipinski definition) is 1. The summed E-state index contributed by atoms with van der Waals surface area (Å²) in [6.07, 6.45) is 0.717. The van der Waals surface area contributed by atoms with Gasteiger partial charge in [-0.1, -0.05) is 21.5 Å². The van der Waals surface area contributed by atoms with E-state index in [1.165, 1.54) is 6.07 Å². The van der Waals surface area contributed by atoms with Gasteiger partial charge in [0.2, 0.25) is 0 Å². The molecule has 0 aliphatic rings. The Morgan fingerprint density at radius 2 is 2.25 bits per heavy atom. The predicted molar refractivity (Wildman–Crippen MR) is 66.0 cm³/mol. The average molecular weight is 285 g/mol. The van der Waals surface area contributed by atoms with Crippen LogP contribution in [0.3, 0.4) is 0 Å². The van der Waals surface area contributed by atoms with Crippen LogP contribution < -0.4 is 4.74 Å². The molecule has 1 N–H and O–H groups in total. The molecule has 1 aromatic carbocycles. The highest BCUT2D eigenvalue weighted by Gasteiger charge is 2.11. The normalized spacial score (nSPS) is 9.88. The van der Waals surface area contributed by atoms with E-state index in [1.54, 1.807) is 12.1 Å². The van der Waals surface area contributed by atoms with E-state index in [-0.39, 0.29) is 5.56 Å². The van der Waals surface area contributed by atoms with Crippen molar-refractivity contribution in [3.63, 3.8) is 0 Å². The number of rotatable bonds is 5. The molecule has 0 aliphatic heterocycles. The Hall–Kier alpha value is -1.29. The van der Waals surface area contributed by atoms with Gasteiger partial charge in [-0.05, 0) is 25.1 Å². The molecule has 0 unspecified atom stereocenters. The minimum atomic E-state index is -0.994. The van der Waals surface area contributed by atoms with Gasteiger partial charge in [0.1, 0.15) is 11.3 Å². The second kappa shape index (κ2) is 5.70. The van der Waals surface area contributed by atoms with E-state index in [9.17, 15) is 4.79 Å². The Kier molecular flexibility index (Phi) is 4.55. The molecule has 3 nitrogen and oxygen atoms in total. The number of carboxylic acid groups (broad SMARTS) is 1. The van der Waals surface area contributed by atoms with Gasteiger partial charge in [-0.15, -0.1) is 6.58 Å². The summed E-state index contributed by atoms with van der Waals surface area (Å²) in [5.74, 6) is -0.608. The average Bonchev–Trinajstić information content (AvgIpc) is 2.19. The largest absolute Gasteiger partial charge is 0.492 e. The monoisotopic (exact) mass is 284 g/mol. The third-order valence-electron chi connectivity index (χ3n) is 1.96. The van der Waals surface area contributed by atoms with Crippen LogP contribution in [0.15, 0.2) is 34.8 Å². The molecule has 0 heterocycles. The number of aromatic carboxylic acids is 1. The summed E-state index contributed by atoms with van der Waals surface area (Å²) in [7, 11) is 0. The zero-order valence-electron chi connectivity index (χ0n) is 9.00. The highest BCUT2D eigenvalue weighted by Crippen LogP contribution is 2.23. The van der Waals surface area contributed by atoms with E-state index in [0.29, 0.717) is 12.4 Å². The summed E-state index contributed by atoms with van der Waals surface area (Å²) >= 11 is 3.22. The topological polar surface area (TPSA) is 46.5 Å². The Labute approximate surface area is 103 Å².